The first kappa shape index (κ1) is 14.1. The zero-order valence-electron chi connectivity index (χ0n) is 12.0. The van der Waals surface area contributed by atoms with E-state index in [-0.39, 0.29) is 5.78 Å². The van der Waals surface area contributed by atoms with Crippen molar-refractivity contribution in [2.24, 2.45) is 0 Å². The molecule has 0 aliphatic rings. The molecule has 0 spiro atoms. The van der Waals surface area contributed by atoms with Crippen LogP contribution < -0.4 is 4.74 Å². The van der Waals surface area contributed by atoms with Gasteiger partial charge in [-0.15, -0.1) is 0 Å². The van der Waals surface area contributed by atoms with E-state index in [4.69, 9.17) is 4.74 Å². The summed E-state index contributed by atoms with van der Waals surface area (Å²) in [5.74, 6) is 0.741. The monoisotopic (exact) mass is 266 g/mol. The standard InChI is InChI=1S/C18H18O2/c1-13-4-5-15(12-14(13)2)6-11-18(19)16-7-9-17(20-3)10-8-16/h4-12H,1-3H3. The summed E-state index contributed by atoms with van der Waals surface area (Å²) in [4.78, 5) is 12.0. The number of hydrogen-bond donors (Lipinski definition) is 0. The first-order valence-corrected chi connectivity index (χ1v) is 6.54. The Morgan fingerprint density at radius 2 is 1.70 bits per heavy atom. The number of carbonyl (C=O) groups excluding carboxylic acids is 1. The lowest BCUT2D eigenvalue weighted by Crippen LogP contribution is -1.94. The average molecular weight is 266 g/mol. The Bertz CT molecular complexity index is 637. The van der Waals surface area contributed by atoms with Gasteiger partial charge in [0, 0.05) is 5.56 Å². The van der Waals surface area contributed by atoms with E-state index in [2.05, 4.69) is 26.0 Å². The zero-order chi connectivity index (χ0) is 14.5. The first-order chi connectivity index (χ1) is 9.60. The number of ketones is 1. The summed E-state index contributed by atoms with van der Waals surface area (Å²) in [5.41, 5.74) is 4.17. The summed E-state index contributed by atoms with van der Waals surface area (Å²) in [7, 11) is 1.61. The van der Waals surface area contributed by atoms with E-state index in [9.17, 15) is 4.79 Å². The quantitative estimate of drug-likeness (QED) is 0.612. The maximum absolute atomic E-state index is 12.0. The summed E-state index contributed by atoms with van der Waals surface area (Å²) < 4.78 is 5.07. The Morgan fingerprint density at radius 3 is 2.30 bits per heavy atom. The number of aryl methyl sites for hydroxylation is 2. The molecule has 102 valence electrons. The molecule has 0 bridgehead atoms. The van der Waals surface area contributed by atoms with Gasteiger partial charge in [0.1, 0.15) is 5.75 Å². The minimum absolute atomic E-state index is 0.00844. The van der Waals surface area contributed by atoms with Gasteiger partial charge >= 0.3 is 0 Å². The van der Waals surface area contributed by atoms with E-state index in [1.54, 1.807) is 37.5 Å². The third-order valence-electron chi connectivity index (χ3n) is 3.33. The van der Waals surface area contributed by atoms with Crippen LogP contribution in [0.3, 0.4) is 0 Å². The van der Waals surface area contributed by atoms with Crippen molar-refractivity contribution < 1.29 is 9.53 Å². The average Bonchev–Trinajstić information content (AvgIpc) is 2.48. The molecule has 0 aromatic heterocycles. The van der Waals surface area contributed by atoms with Crippen molar-refractivity contribution in [3.8, 4) is 5.75 Å². The van der Waals surface area contributed by atoms with Gasteiger partial charge in [0.15, 0.2) is 5.78 Å². The Labute approximate surface area is 119 Å². The maximum atomic E-state index is 12.0. The van der Waals surface area contributed by atoms with Gasteiger partial charge in [0.2, 0.25) is 0 Å². The molecule has 0 amide bonds. The lowest BCUT2D eigenvalue weighted by molar-refractivity contribution is 0.104. The van der Waals surface area contributed by atoms with E-state index >= 15 is 0 Å². The predicted octanol–water partition coefficient (Wildman–Crippen LogP) is 4.21. The molecular formula is C18H18O2. The molecule has 2 rings (SSSR count). The number of benzene rings is 2. The number of hydrogen-bond acceptors (Lipinski definition) is 2. The Morgan fingerprint density at radius 1 is 1.00 bits per heavy atom. The number of methoxy groups -OCH3 is 1. The smallest absolute Gasteiger partial charge is 0.185 e. The van der Waals surface area contributed by atoms with Crippen LogP contribution >= 0.6 is 0 Å². The fourth-order valence-corrected chi connectivity index (χ4v) is 1.89. The topological polar surface area (TPSA) is 26.3 Å². The molecule has 0 radical (unpaired) electrons. The van der Waals surface area contributed by atoms with Crippen molar-refractivity contribution in [3.05, 3.63) is 70.8 Å². The number of allylic oxidation sites excluding steroid dienone is 1. The second-order valence-corrected chi connectivity index (χ2v) is 4.77. The molecule has 0 fully saturated rings. The summed E-state index contributed by atoms with van der Waals surface area (Å²) in [6, 6.07) is 13.3. The molecule has 0 unspecified atom stereocenters. The summed E-state index contributed by atoms with van der Waals surface area (Å²) in [5, 5.41) is 0. The van der Waals surface area contributed by atoms with Gasteiger partial charge in [0.05, 0.1) is 7.11 Å². The van der Waals surface area contributed by atoms with Crippen LogP contribution in [0, 0.1) is 13.8 Å². The van der Waals surface area contributed by atoms with Crippen molar-refractivity contribution in [1.29, 1.82) is 0 Å². The van der Waals surface area contributed by atoms with Crippen LogP contribution in [0.5, 0.6) is 5.75 Å². The van der Waals surface area contributed by atoms with Gasteiger partial charge in [-0.05, 0) is 60.9 Å². The normalized spacial score (nSPS) is 10.8. The van der Waals surface area contributed by atoms with Gasteiger partial charge in [-0.2, -0.15) is 0 Å². The summed E-state index contributed by atoms with van der Waals surface area (Å²) in [6.45, 7) is 4.14. The fourth-order valence-electron chi connectivity index (χ4n) is 1.89. The highest BCUT2D eigenvalue weighted by atomic mass is 16.5. The van der Waals surface area contributed by atoms with Crippen LogP contribution in [-0.4, -0.2) is 12.9 Å². The van der Waals surface area contributed by atoms with Gasteiger partial charge < -0.3 is 4.74 Å². The molecule has 0 saturated carbocycles. The minimum Gasteiger partial charge on any atom is -0.497 e. The molecule has 0 saturated heterocycles. The van der Waals surface area contributed by atoms with Crippen LogP contribution in [0.15, 0.2) is 48.5 Å². The molecule has 2 aromatic rings. The molecule has 2 aromatic carbocycles. The highest BCUT2D eigenvalue weighted by Gasteiger charge is 2.02. The Kier molecular flexibility index (Phi) is 4.36. The van der Waals surface area contributed by atoms with Crippen molar-refractivity contribution in [3.63, 3.8) is 0 Å². The van der Waals surface area contributed by atoms with E-state index in [1.165, 1.54) is 11.1 Å². The second-order valence-electron chi connectivity index (χ2n) is 4.77. The fraction of sp³-hybridized carbons (Fsp3) is 0.167. The molecule has 0 aliphatic carbocycles. The number of rotatable bonds is 4. The molecule has 0 heterocycles. The highest BCUT2D eigenvalue weighted by Crippen LogP contribution is 2.14. The van der Waals surface area contributed by atoms with Gasteiger partial charge in [-0.1, -0.05) is 24.3 Å². The van der Waals surface area contributed by atoms with E-state index in [0.717, 1.165) is 11.3 Å². The highest BCUT2D eigenvalue weighted by molar-refractivity contribution is 6.06. The van der Waals surface area contributed by atoms with Crippen LogP contribution in [0.2, 0.25) is 0 Å². The van der Waals surface area contributed by atoms with Crippen LogP contribution in [0.25, 0.3) is 6.08 Å². The Hall–Kier alpha value is -2.35. The summed E-state index contributed by atoms with van der Waals surface area (Å²) in [6.07, 6.45) is 3.45. The third-order valence-corrected chi connectivity index (χ3v) is 3.33. The zero-order valence-corrected chi connectivity index (χ0v) is 12.0. The third kappa shape index (κ3) is 3.35. The van der Waals surface area contributed by atoms with E-state index < -0.39 is 0 Å². The summed E-state index contributed by atoms with van der Waals surface area (Å²) >= 11 is 0. The van der Waals surface area contributed by atoms with Crippen LogP contribution in [0.1, 0.15) is 27.0 Å². The van der Waals surface area contributed by atoms with Crippen molar-refractivity contribution in [2.45, 2.75) is 13.8 Å². The molecule has 2 heteroatoms. The van der Waals surface area contributed by atoms with Crippen molar-refractivity contribution in [1.82, 2.24) is 0 Å². The molecule has 0 atom stereocenters. The lowest BCUT2D eigenvalue weighted by Gasteiger charge is -2.01. The van der Waals surface area contributed by atoms with Gasteiger partial charge in [-0.3, -0.25) is 4.79 Å². The molecule has 0 N–H and O–H groups in total. The molecule has 2 nitrogen and oxygen atoms in total. The SMILES string of the molecule is COc1ccc(C(=O)C=Cc2ccc(C)c(C)c2)cc1. The van der Waals surface area contributed by atoms with E-state index in [1.807, 2.05) is 12.1 Å². The number of carbonyl (C=O) groups is 1. The molecule has 20 heavy (non-hydrogen) atoms. The van der Waals surface area contributed by atoms with Crippen molar-refractivity contribution in [2.75, 3.05) is 7.11 Å². The minimum atomic E-state index is -0.00844. The second kappa shape index (κ2) is 6.20. The van der Waals surface area contributed by atoms with Gasteiger partial charge in [0.25, 0.3) is 0 Å². The lowest BCUT2D eigenvalue weighted by atomic mass is 10.0. The number of ether oxygens (including phenoxy) is 1. The van der Waals surface area contributed by atoms with Crippen LogP contribution in [-0.2, 0) is 0 Å². The largest absolute Gasteiger partial charge is 0.497 e. The first-order valence-electron chi connectivity index (χ1n) is 6.54. The molecular weight excluding hydrogens is 248 g/mol. The van der Waals surface area contributed by atoms with Gasteiger partial charge in [-0.25, -0.2) is 0 Å². The Balaban J connectivity index is 2.13. The van der Waals surface area contributed by atoms with Crippen LogP contribution in [0.4, 0.5) is 0 Å². The predicted molar refractivity (Wildman–Crippen MR) is 82.3 cm³/mol. The van der Waals surface area contributed by atoms with E-state index in [0.29, 0.717) is 5.56 Å². The van der Waals surface area contributed by atoms with Crippen molar-refractivity contribution >= 4 is 11.9 Å². The molecule has 0 aliphatic heterocycles. The maximum Gasteiger partial charge on any atom is 0.185 e.